The molecule has 0 aliphatic heterocycles. The van der Waals surface area contributed by atoms with Crippen LogP contribution in [0.4, 0.5) is 0 Å². The molecule has 2 atom stereocenters. The highest BCUT2D eigenvalue weighted by molar-refractivity contribution is 4.94. The van der Waals surface area contributed by atoms with Crippen LogP contribution in [-0.4, -0.2) is 24.3 Å². The molecule has 0 aromatic carbocycles. The third-order valence-electron chi connectivity index (χ3n) is 3.44. The highest BCUT2D eigenvalue weighted by Gasteiger charge is 2.25. The van der Waals surface area contributed by atoms with E-state index >= 15 is 0 Å². The van der Waals surface area contributed by atoms with Gasteiger partial charge in [-0.25, -0.2) is 0 Å². The summed E-state index contributed by atoms with van der Waals surface area (Å²) in [6.07, 6.45) is 10.8. The Labute approximate surface area is 86.4 Å². The van der Waals surface area contributed by atoms with Crippen molar-refractivity contribution < 1.29 is 5.11 Å². The zero-order chi connectivity index (χ0) is 9.80. The average molecular weight is 195 g/mol. The fourth-order valence-corrected chi connectivity index (χ4v) is 2.20. The summed E-state index contributed by atoms with van der Waals surface area (Å²) in [7, 11) is 0. The molecule has 0 amide bonds. The SMILES string of the molecule is OCC(NCC1CC1)C1CC=CCC1. The Bertz CT molecular complexity index is 198. The molecule has 2 heteroatoms. The number of allylic oxidation sites excluding steroid dienone is 2. The first kappa shape index (κ1) is 10.2. The molecule has 0 bridgehead atoms. The van der Waals surface area contributed by atoms with E-state index < -0.39 is 0 Å². The lowest BCUT2D eigenvalue weighted by molar-refractivity contribution is 0.190. The van der Waals surface area contributed by atoms with Gasteiger partial charge >= 0.3 is 0 Å². The highest BCUT2D eigenvalue weighted by atomic mass is 16.3. The Balaban J connectivity index is 1.74. The second-order valence-corrected chi connectivity index (χ2v) is 4.69. The van der Waals surface area contributed by atoms with Gasteiger partial charge in [-0.1, -0.05) is 12.2 Å². The van der Waals surface area contributed by atoms with Crippen LogP contribution in [0.3, 0.4) is 0 Å². The van der Waals surface area contributed by atoms with Crippen LogP contribution < -0.4 is 5.32 Å². The molecule has 0 heterocycles. The molecule has 14 heavy (non-hydrogen) atoms. The first-order valence-corrected chi connectivity index (χ1v) is 5.89. The van der Waals surface area contributed by atoms with E-state index in [1.807, 2.05) is 0 Å². The Morgan fingerprint density at radius 1 is 1.29 bits per heavy atom. The normalized spacial score (nSPS) is 29.1. The molecule has 2 aliphatic carbocycles. The monoisotopic (exact) mass is 195 g/mol. The van der Waals surface area contributed by atoms with Gasteiger partial charge in [0.05, 0.1) is 6.61 Å². The van der Waals surface area contributed by atoms with E-state index in [0.29, 0.717) is 18.6 Å². The van der Waals surface area contributed by atoms with Gasteiger partial charge in [-0.3, -0.25) is 0 Å². The summed E-state index contributed by atoms with van der Waals surface area (Å²) in [5.74, 6) is 1.56. The largest absolute Gasteiger partial charge is 0.395 e. The van der Waals surface area contributed by atoms with Crippen LogP contribution in [0.25, 0.3) is 0 Å². The van der Waals surface area contributed by atoms with E-state index in [1.54, 1.807) is 0 Å². The van der Waals surface area contributed by atoms with Crippen molar-refractivity contribution in [2.24, 2.45) is 11.8 Å². The van der Waals surface area contributed by atoms with Crippen LogP contribution in [0.2, 0.25) is 0 Å². The van der Waals surface area contributed by atoms with Gasteiger partial charge in [-0.15, -0.1) is 0 Å². The van der Waals surface area contributed by atoms with E-state index in [-0.39, 0.29) is 0 Å². The summed E-state index contributed by atoms with van der Waals surface area (Å²) >= 11 is 0. The summed E-state index contributed by atoms with van der Waals surface area (Å²) in [5, 5.41) is 12.8. The molecule has 2 rings (SSSR count). The lowest BCUT2D eigenvalue weighted by atomic mass is 9.88. The Morgan fingerprint density at radius 3 is 2.71 bits per heavy atom. The molecule has 1 fully saturated rings. The van der Waals surface area contributed by atoms with Crippen molar-refractivity contribution in [3.8, 4) is 0 Å². The van der Waals surface area contributed by atoms with E-state index in [2.05, 4.69) is 17.5 Å². The van der Waals surface area contributed by atoms with Gasteiger partial charge in [0.1, 0.15) is 0 Å². The molecule has 2 nitrogen and oxygen atoms in total. The molecule has 0 spiro atoms. The Kier molecular flexibility index (Phi) is 3.60. The molecule has 1 saturated carbocycles. The summed E-state index contributed by atoms with van der Waals surface area (Å²) < 4.78 is 0. The van der Waals surface area contributed by atoms with Crippen LogP contribution in [0, 0.1) is 11.8 Å². The van der Waals surface area contributed by atoms with Gasteiger partial charge in [-0.2, -0.15) is 0 Å². The number of rotatable bonds is 5. The van der Waals surface area contributed by atoms with Crippen LogP contribution in [0.15, 0.2) is 12.2 Å². The summed E-state index contributed by atoms with van der Waals surface area (Å²) in [5.41, 5.74) is 0. The number of aliphatic hydroxyl groups is 1. The van der Waals surface area contributed by atoms with Crippen molar-refractivity contribution in [3.63, 3.8) is 0 Å². The molecule has 0 aromatic heterocycles. The molecule has 2 N–H and O–H groups in total. The molecule has 80 valence electrons. The van der Waals surface area contributed by atoms with E-state index in [1.165, 1.54) is 25.7 Å². The standard InChI is InChI=1S/C12H21NO/c14-9-12(13-8-10-6-7-10)11-4-2-1-3-5-11/h1-2,10-14H,3-9H2. The minimum atomic E-state index is 0.297. The molecule has 0 saturated heterocycles. The molecular formula is C12H21NO. The van der Waals surface area contributed by atoms with Gasteiger partial charge in [0.2, 0.25) is 0 Å². The minimum Gasteiger partial charge on any atom is -0.395 e. The second-order valence-electron chi connectivity index (χ2n) is 4.69. The molecular weight excluding hydrogens is 174 g/mol. The van der Waals surface area contributed by atoms with Crippen molar-refractivity contribution >= 4 is 0 Å². The molecule has 2 unspecified atom stereocenters. The fourth-order valence-electron chi connectivity index (χ4n) is 2.20. The van der Waals surface area contributed by atoms with Crippen LogP contribution in [0.5, 0.6) is 0 Å². The third kappa shape index (κ3) is 2.82. The van der Waals surface area contributed by atoms with Crippen molar-refractivity contribution in [1.82, 2.24) is 5.32 Å². The Hall–Kier alpha value is -0.340. The topological polar surface area (TPSA) is 32.3 Å². The van der Waals surface area contributed by atoms with Crippen LogP contribution >= 0.6 is 0 Å². The van der Waals surface area contributed by atoms with Gasteiger partial charge in [0.15, 0.2) is 0 Å². The second kappa shape index (κ2) is 4.94. The molecule has 0 aromatic rings. The van der Waals surface area contributed by atoms with Crippen molar-refractivity contribution in [2.45, 2.75) is 38.1 Å². The third-order valence-corrected chi connectivity index (χ3v) is 3.44. The summed E-state index contributed by atoms with van der Waals surface area (Å²) in [6.45, 7) is 1.41. The van der Waals surface area contributed by atoms with Gasteiger partial charge in [-0.05, 0) is 50.5 Å². The van der Waals surface area contributed by atoms with Gasteiger partial charge in [0, 0.05) is 6.04 Å². The maximum Gasteiger partial charge on any atom is 0.0587 e. The fraction of sp³-hybridized carbons (Fsp3) is 0.833. The number of nitrogens with one attached hydrogen (secondary N) is 1. The van der Waals surface area contributed by atoms with Gasteiger partial charge in [0.25, 0.3) is 0 Å². The van der Waals surface area contributed by atoms with E-state index in [0.717, 1.165) is 18.9 Å². The summed E-state index contributed by atoms with van der Waals surface area (Å²) in [6, 6.07) is 0.334. The molecule has 0 radical (unpaired) electrons. The predicted molar refractivity (Wildman–Crippen MR) is 58.1 cm³/mol. The van der Waals surface area contributed by atoms with Crippen LogP contribution in [0.1, 0.15) is 32.1 Å². The maximum atomic E-state index is 9.32. The first-order valence-electron chi connectivity index (χ1n) is 5.89. The zero-order valence-electron chi connectivity index (χ0n) is 8.78. The summed E-state index contributed by atoms with van der Waals surface area (Å²) in [4.78, 5) is 0. The van der Waals surface area contributed by atoms with Crippen molar-refractivity contribution in [1.29, 1.82) is 0 Å². The number of aliphatic hydroxyl groups excluding tert-OH is 1. The lowest BCUT2D eigenvalue weighted by Gasteiger charge is -2.27. The van der Waals surface area contributed by atoms with Crippen molar-refractivity contribution in [3.05, 3.63) is 12.2 Å². The number of hydrogen-bond donors (Lipinski definition) is 2. The smallest absolute Gasteiger partial charge is 0.0587 e. The first-order chi connectivity index (χ1) is 6.90. The van der Waals surface area contributed by atoms with Gasteiger partial charge < -0.3 is 10.4 Å². The zero-order valence-corrected chi connectivity index (χ0v) is 8.78. The Morgan fingerprint density at radius 2 is 2.14 bits per heavy atom. The number of hydrogen-bond acceptors (Lipinski definition) is 2. The molecule has 2 aliphatic rings. The van der Waals surface area contributed by atoms with E-state index in [4.69, 9.17) is 0 Å². The lowest BCUT2D eigenvalue weighted by Crippen LogP contribution is -2.40. The van der Waals surface area contributed by atoms with E-state index in [9.17, 15) is 5.11 Å². The van der Waals surface area contributed by atoms with Crippen molar-refractivity contribution in [2.75, 3.05) is 13.2 Å². The minimum absolute atomic E-state index is 0.297. The predicted octanol–water partition coefficient (Wildman–Crippen LogP) is 1.70. The maximum absolute atomic E-state index is 9.32. The quantitative estimate of drug-likeness (QED) is 0.654. The van der Waals surface area contributed by atoms with Crippen LogP contribution in [-0.2, 0) is 0 Å². The highest BCUT2D eigenvalue weighted by Crippen LogP contribution is 2.28. The average Bonchev–Trinajstić information content (AvgIpc) is 3.04.